The summed E-state index contributed by atoms with van der Waals surface area (Å²) in [6.07, 6.45) is 1.09. The molecular formula is C10H20N2O2. The van der Waals surface area contributed by atoms with Crippen molar-refractivity contribution in [3.63, 3.8) is 0 Å². The molecule has 4 nitrogen and oxygen atoms in total. The van der Waals surface area contributed by atoms with Gasteiger partial charge in [-0.15, -0.1) is 0 Å². The first-order valence-corrected chi connectivity index (χ1v) is 5.16. The first kappa shape index (κ1) is 11.5. The van der Waals surface area contributed by atoms with E-state index in [-0.39, 0.29) is 6.54 Å². The molecule has 0 spiro atoms. The zero-order valence-electron chi connectivity index (χ0n) is 9.23. The third-order valence-electron chi connectivity index (χ3n) is 2.93. The van der Waals surface area contributed by atoms with Crippen molar-refractivity contribution in [1.82, 2.24) is 9.80 Å². The maximum Gasteiger partial charge on any atom is 0.317 e. The Morgan fingerprint density at radius 2 is 2.29 bits per heavy atom. The molecule has 1 fully saturated rings. The third kappa shape index (κ3) is 2.96. The van der Waals surface area contributed by atoms with Crippen LogP contribution in [-0.4, -0.2) is 59.6 Å². The second-order valence-electron chi connectivity index (χ2n) is 4.34. The van der Waals surface area contributed by atoms with Crippen molar-refractivity contribution >= 4 is 5.97 Å². The van der Waals surface area contributed by atoms with Crippen LogP contribution in [0.15, 0.2) is 0 Å². The Morgan fingerprint density at radius 3 is 2.71 bits per heavy atom. The minimum atomic E-state index is -0.740. The van der Waals surface area contributed by atoms with Crippen molar-refractivity contribution in [1.29, 1.82) is 0 Å². The van der Waals surface area contributed by atoms with Crippen molar-refractivity contribution in [2.75, 3.05) is 26.7 Å². The molecule has 1 aliphatic heterocycles. The molecule has 1 aliphatic rings. The van der Waals surface area contributed by atoms with Crippen LogP contribution < -0.4 is 0 Å². The van der Waals surface area contributed by atoms with Crippen LogP contribution >= 0.6 is 0 Å². The van der Waals surface area contributed by atoms with Crippen LogP contribution in [0.2, 0.25) is 0 Å². The summed E-state index contributed by atoms with van der Waals surface area (Å²) in [6.45, 7) is 6.60. The Morgan fingerprint density at radius 1 is 1.64 bits per heavy atom. The van der Waals surface area contributed by atoms with E-state index in [1.54, 1.807) is 0 Å². The number of carboxylic acid groups (broad SMARTS) is 1. The van der Waals surface area contributed by atoms with Gasteiger partial charge in [0.25, 0.3) is 0 Å². The molecule has 0 saturated carbocycles. The van der Waals surface area contributed by atoms with Gasteiger partial charge in [-0.05, 0) is 27.3 Å². The van der Waals surface area contributed by atoms with Gasteiger partial charge in [0, 0.05) is 25.2 Å². The van der Waals surface area contributed by atoms with Crippen molar-refractivity contribution in [2.24, 2.45) is 0 Å². The van der Waals surface area contributed by atoms with Crippen LogP contribution in [0, 0.1) is 0 Å². The van der Waals surface area contributed by atoms with Gasteiger partial charge in [-0.1, -0.05) is 0 Å². The summed E-state index contributed by atoms with van der Waals surface area (Å²) in [5, 5.41) is 8.66. The van der Waals surface area contributed by atoms with Gasteiger partial charge >= 0.3 is 5.97 Å². The summed E-state index contributed by atoms with van der Waals surface area (Å²) in [5.74, 6) is -0.740. The van der Waals surface area contributed by atoms with E-state index >= 15 is 0 Å². The van der Waals surface area contributed by atoms with Crippen LogP contribution in [0.5, 0.6) is 0 Å². The van der Waals surface area contributed by atoms with E-state index in [4.69, 9.17) is 5.11 Å². The molecule has 0 aromatic heterocycles. The fourth-order valence-electron chi connectivity index (χ4n) is 1.94. The van der Waals surface area contributed by atoms with Crippen LogP contribution in [0.1, 0.15) is 20.3 Å². The van der Waals surface area contributed by atoms with Crippen LogP contribution in [0.4, 0.5) is 0 Å². The van der Waals surface area contributed by atoms with Crippen LogP contribution in [-0.2, 0) is 4.79 Å². The molecule has 0 radical (unpaired) electrons. The van der Waals surface area contributed by atoms with Gasteiger partial charge in [-0.3, -0.25) is 14.6 Å². The molecule has 1 N–H and O–H groups in total. The highest BCUT2D eigenvalue weighted by molar-refractivity contribution is 5.69. The molecule has 1 heterocycles. The molecule has 14 heavy (non-hydrogen) atoms. The molecule has 1 unspecified atom stereocenters. The number of likely N-dealkylation sites (tertiary alicyclic amines) is 1. The zero-order chi connectivity index (χ0) is 10.7. The number of aliphatic carboxylic acids is 1. The van der Waals surface area contributed by atoms with Gasteiger partial charge in [-0.2, -0.15) is 0 Å². The number of hydrogen-bond acceptors (Lipinski definition) is 3. The van der Waals surface area contributed by atoms with Gasteiger partial charge in [0.1, 0.15) is 0 Å². The van der Waals surface area contributed by atoms with E-state index in [0.717, 1.165) is 19.5 Å². The van der Waals surface area contributed by atoms with E-state index in [1.165, 1.54) is 0 Å². The number of likely N-dealkylation sites (N-methyl/N-ethyl adjacent to an activating group) is 1. The molecular weight excluding hydrogens is 180 g/mol. The molecule has 0 amide bonds. The Hall–Kier alpha value is -0.610. The van der Waals surface area contributed by atoms with E-state index in [9.17, 15) is 4.79 Å². The average molecular weight is 200 g/mol. The SMILES string of the molecule is CC(C)N1CCC(N(C)CC(=O)O)C1. The third-order valence-corrected chi connectivity index (χ3v) is 2.93. The number of carbonyl (C=O) groups is 1. The molecule has 0 aliphatic carbocycles. The monoisotopic (exact) mass is 200 g/mol. The Bertz CT molecular complexity index is 206. The summed E-state index contributed by atoms with van der Waals surface area (Å²) in [7, 11) is 1.89. The molecule has 1 rings (SSSR count). The van der Waals surface area contributed by atoms with Gasteiger partial charge < -0.3 is 5.11 Å². The molecule has 4 heteroatoms. The summed E-state index contributed by atoms with van der Waals surface area (Å²) >= 11 is 0. The van der Waals surface area contributed by atoms with Crippen molar-refractivity contribution < 1.29 is 9.90 Å². The largest absolute Gasteiger partial charge is 0.480 e. The number of hydrogen-bond donors (Lipinski definition) is 1. The predicted octanol–water partition coefficient (Wildman–Crippen LogP) is 0.485. The molecule has 0 aromatic carbocycles. The van der Waals surface area contributed by atoms with Gasteiger partial charge in [0.15, 0.2) is 0 Å². The molecule has 1 saturated heterocycles. The highest BCUT2D eigenvalue weighted by Crippen LogP contribution is 2.16. The van der Waals surface area contributed by atoms with Crippen LogP contribution in [0.25, 0.3) is 0 Å². The average Bonchev–Trinajstić information content (AvgIpc) is 2.50. The summed E-state index contributed by atoms with van der Waals surface area (Å²) in [5.41, 5.74) is 0. The van der Waals surface area contributed by atoms with E-state index in [0.29, 0.717) is 12.1 Å². The fraction of sp³-hybridized carbons (Fsp3) is 0.900. The number of carboxylic acids is 1. The summed E-state index contributed by atoms with van der Waals surface area (Å²) in [4.78, 5) is 14.9. The second-order valence-corrected chi connectivity index (χ2v) is 4.34. The summed E-state index contributed by atoms with van der Waals surface area (Å²) in [6, 6.07) is 0.978. The topological polar surface area (TPSA) is 43.8 Å². The normalized spacial score (nSPS) is 23.6. The Labute approximate surface area is 85.5 Å². The van der Waals surface area contributed by atoms with Gasteiger partial charge in [-0.25, -0.2) is 0 Å². The molecule has 1 atom stereocenters. The fourth-order valence-corrected chi connectivity index (χ4v) is 1.94. The minimum Gasteiger partial charge on any atom is -0.480 e. The number of nitrogens with zero attached hydrogens (tertiary/aromatic N) is 2. The zero-order valence-corrected chi connectivity index (χ0v) is 9.23. The smallest absolute Gasteiger partial charge is 0.317 e. The standard InChI is InChI=1S/C10H20N2O2/c1-8(2)12-5-4-9(6-12)11(3)7-10(13)14/h8-9H,4-7H2,1-3H3,(H,13,14). The summed E-state index contributed by atoms with van der Waals surface area (Å²) < 4.78 is 0. The minimum absolute atomic E-state index is 0.149. The van der Waals surface area contributed by atoms with Crippen molar-refractivity contribution in [3.8, 4) is 0 Å². The lowest BCUT2D eigenvalue weighted by atomic mass is 10.2. The predicted molar refractivity (Wildman–Crippen MR) is 55.4 cm³/mol. The van der Waals surface area contributed by atoms with Crippen LogP contribution in [0.3, 0.4) is 0 Å². The first-order valence-electron chi connectivity index (χ1n) is 5.16. The van der Waals surface area contributed by atoms with Crippen molar-refractivity contribution in [2.45, 2.75) is 32.4 Å². The van der Waals surface area contributed by atoms with Crippen molar-refractivity contribution in [3.05, 3.63) is 0 Å². The molecule has 82 valence electrons. The van der Waals surface area contributed by atoms with Gasteiger partial charge in [0.2, 0.25) is 0 Å². The molecule has 0 bridgehead atoms. The quantitative estimate of drug-likeness (QED) is 0.717. The second kappa shape index (κ2) is 4.75. The Balaban J connectivity index is 2.37. The van der Waals surface area contributed by atoms with Gasteiger partial charge in [0.05, 0.1) is 6.54 Å². The highest BCUT2D eigenvalue weighted by Gasteiger charge is 2.27. The highest BCUT2D eigenvalue weighted by atomic mass is 16.4. The van der Waals surface area contributed by atoms with E-state index in [2.05, 4.69) is 18.7 Å². The molecule has 0 aromatic rings. The van der Waals surface area contributed by atoms with E-state index in [1.807, 2.05) is 11.9 Å². The lowest BCUT2D eigenvalue weighted by molar-refractivity contribution is -0.138. The number of rotatable bonds is 4. The lowest BCUT2D eigenvalue weighted by Gasteiger charge is -2.24. The van der Waals surface area contributed by atoms with E-state index < -0.39 is 5.97 Å². The maximum atomic E-state index is 10.5. The maximum absolute atomic E-state index is 10.5. The lowest BCUT2D eigenvalue weighted by Crippen LogP contribution is -2.39. The Kier molecular flexibility index (Phi) is 3.89. The first-order chi connectivity index (χ1) is 6.50.